The van der Waals surface area contributed by atoms with Gasteiger partial charge in [-0.1, -0.05) is 85.0 Å². The van der Waals surface area contributed by atoms with Gasteiger partial charge in [-0.05, 0) is 68.4 Å². The number of imide groups is 2. The third-order valence-electron chi connectivity index (χ3n) is 11.9. The lowest BCUT2D eigenvalue weighted by atomic mass is 9.49. The SMILES string of the molecule is COc1cccc(O)c1[C@H]1C2=CC[C@@H]3C(=O)N(C4CCCCC4)C(=O)[C@@H]3[C@@H]2C[C@H]2C(=O)N(Nc3ccc(C)cc3)C(=O)[C@@]12c1ccccc1. The van der Waals surface area contributed by atoms with Crippen LogP contribution in [0.15, 0.2) is 84.4 Å². The average molecular weight is 660 g/mol. The van der Waals surface area contributed by atoms with E-state index in [0.29, 0.717) is 29.0 Å². The number of phenolic OH excluding ortho intramolecular Hbond substituents is 1. The molecule has 2 N–H and O–H groups in total. The van der Waals surface area contributed by atoms with Gasteiger partial charge in [-0.3, -0.25) is 29.5 Å². The van der Waals surface area contributed by atoms with Gasteiger partial charge in [0.1, 0.15) is 11.5 Å². The molecule has 0 unspecified atom stereocenters. The number of carbonyl (C=O) groups excluding carboxylic acids is 4. The zero-order valence-corrected chi connectivity index (χ0v) is 27.8. The molecule has 2 heterocycles. The zero-order valence-electron chi connectivity index (χ0n) is 27.8. The number of amides is 4. The third-order valence-corrected chi connectivity index (χ3v) is 11.9. The Morgan fingerprint density at radius 3 is 2.29 bits per heavy atom. The number of phenols is 1. The zero-order chi connectivity index (χ0) is 34.0. The molecular weight excluding hydrogens is 618 g/mol. The number of rotatable bonds is 6. The molecule has 0 bridgehead atoms. The van der Waals surface area contributed by atoms with Crippen molar-refractivity contribution >= 4 is 29.3 Å². The van der Waals surface area contributed by atoms with Crippen molar-refractivity contribution in [2.24, 2.45) is 23.7 Å². The first-order valence-electron chi connectivity index (χ1n) is 17.5. The molecule has 8 rings (SSSR count). The highest BCUT2D eigenvalue weighted by atomic mass is 16.5. The van der Waals surface area contributed by atoms with Crippen LogP contribution < -0.4 is 10.2 Å². The molecular formula is C40H41N3O6. The summed E-state index contributed by atoms with van der Waals surface area (Å²) in [7, 11) is 1.52. The number of hydrazine groups is 1. The fourth-order valence-corrected chi connectivity index (χ4v) is 9.79. The molecule has 3 aliphatic carbocycles. The van der Waals surface area contributed by atoms with E-state index in [4.69, 9.17) is 4.74 Å². The molecule has 4 fully saturated rings. The van der Waals surface area contributed by atoms with Crippen molar-refractivity contribution in [3.8, 4) is 11.5 Å². The number of aryl methyl sites for hydroxylation is 1. The first kappa shape index (κ1) is 31.4. The highest BCUT2D eigenvalue weighted by Gasteiger charge is 2.71. The van der Waals surface area contributed by atoms with E-state index in [0.717, 1.165) is 48.2 Å². The standard InChI is InChI=1S/C40H41N3O6/c1-23-16-18-25(19-17-23)41-43-37(46)30-22-29-27(20-21-28-33(29)38(47)42(36(28)45)26-12-7-4-8-13-26)35(34-31(44)14-9-15-32(34)49-2)40(30,39(43)48)24-10-5-3-6-11-24/h3,5-6,9-11,14-20,26,28-30,33,35,41,44H,4,7-8,12-13,21-22H2,1-2H3/t28-,29+,30-,33-,35+,40+/m0/s1. The van der Waals surface area contributed by atoms with Crippen molar-refractivity contribution in [3.63, 3.8) is 0 Å². The van der Waals surface area contributed by atoms with Gasteiger partial charge in [-0.25, -0.2) is 0 Å². The monoisotopic (exact) mass is 659 g/mol. The van der Waals surface area contributed by atoms with Gasteiger partial charge in [0.05, 0.1) is 36.0 Å². The lowest BCUT2D eigenvalue weighted by Gasteiger charge is -2.50. The number of benzene rings is 3. The Balaban J connectivity index is 1.33. The Labute approximate surface area is 285 Å². The number of fused-ring (bicyclic) bond motifs is 4. The van der Waals surface area contributed by atoms with Crippen molar-refractivity contribution in [2.75, 3.05) is 12.5 Å². The smallest absolute Gasteiger partial charge is 0.260 e. The minimum atomic E-state index is -1.48. The molecule has 9 nitrogen and oxygen atoms in total. The van der Waals surface area contributed by atoms with Crippen LogP contribution in [0.5, 0.6) is 11.5 Å². The van der Waals surface area contributed by atoms with Gasteiger partial charge in [0.2, 0.25) is 11.8 Å². The van der Waals surface area contributed by atoms with Gasteiger partial charge in [-0.2, -0.15) is 5.01 Å². The van der Waals surface area contributed by atoms with Crippen molar-refractivity contribution in [2.45, 2.75) is 69.2 Å². The van der Waals surface area contributed by atoms with Gasteiger partial charge >= 0.3 is 0 Å². The molecule has 3 aromatic carbocycles. The van der Waals surface area contributed by atoms with Crippen LogP contribution in [0, 0.1) is 30.6 Å². The lowest BCUT2D eigenvalue weighted by molar-refractivity contribution is -0.144. The summed E-state index contributed by atoms with van der Waals surface area (Å²) < 4.78 is 5.86. The summed E-state index contributed by atoms with van der Waals surface area (Å²) in [4.78, 5) is 60.1. The number of allylic oxidation sites excluding steroid dienone is 2. The minimum Gasteiger partial charge on any atom is -0.508 e. The lowest BCUT2D eigenvalue weighted by Crippen LogP contribution is -2.53. The van der Waals surface area contributed by atoms with Gasteiger partial charge in [0, 0.05) is 17.5 Å². The van der Waals surface area contributed by atoms with Crippen LogP contribution in [0.25, 0.3) is 0 Å². The van der Waals surface area contributed by atoms with E-state index in [9.17, 15) is 19.5 Å². The summed E-state index contributed by atoms with van der Waals surface area (Å²) in [5.74, 6) is -4.24. The molecule has 2 aliphatic heterocycles. The maximum absolute atomic E-state index is 15.3. The summed E-state index contributed by atoms with van der Waals surface area (Å²) in [6.45, 7) is 1.96. The Kier molecular flexibility index (Phi) is 7.61. The van der Waals surface area contributed by atoms with Gasteiger partial charge in [0.25, 0.3) is 11.8 Å². The van der Waals surface area contributed by atoms with E-state index >= 15 is 4.79 Å². The minimum absolute atomic E-state index is 0.0649. The Morgan fingerprint density at radius 1 is 0.837 bits per heavy atom. The van der Waals surface area contributed by atoms with Crippen LogP contribution >= 0.6 is 0 Å². The molecule has 0 radical (unpaired) electrons. The summed E-state index contributed by atoms with van der Waals surface area (Å²) >= 11 is 0. The van der Waals surface area contributed by atoms with E-state index in [1.54, 1.807) is 23.1 Å². The number of nitrogens with one attached hydrogen (secondary N) is 1. The van der Waals surface area contributed by atoms with Gasteiger partial charge < -0.3 is 9.84 Å². The van der Waals surface area contributed by atoms with E-state index in [2.05, 4.69) is 5.43 Å². The predicted molar refractivity (Wildman–Crippen MR) is 182 cm³/mol. The first-order chi connectivity index (χ1) is 23.8. The van der Waals surface area contributed by atoms with Crippen LogP contribution in [0.3, 0.4) is 0 Å². The fraction of sp³-hybridized carbons (Fsp3) is 0.400. The predicted octanol–water partition coefficient (Wildman–Crippen LogP) is 6.03. The normalized spacial score (nSPS) is 29.8. The molecule has 4 amide bonds. The van der Waals surface area contributed by atoms with Crippen molar-refractivity contribution in [1.82, 2.24) is 9.91 Å². The molecule has 9 heteroatoms. The van der Waals surface area contributed by atoms with Gasteiger partial charge in [-0.15, -0.1) is 0 Å². The number of nitrogens with zero attached hydrogens (tertiary/aromatic N) is 2. The van der Waals surface area contributed by atoms with Crippen molar-refractivity contribution in [3.05, 3.63) is 101 Å². The van der Waals surface area contributed by atoms with E-state index in [1.807, 2.05) is 67.6 Å². The second kappa shape index (κ2) is 11.9. The summed E-state index contributed by atoms with van der Waals surface area (Å²) in [5.41, 5.74) is 5.09. The number of likely N-dealkylation sites (tertiary alicyclic amines) is 1. The fourth-order valence-electron chi connectivity index (χ4n) is 9.79. The highest BCUT2D eigenvalue weighted by molar-refractivity contribution is 6.13. The van der Waals surface area contributed by atoms with E-state index in [1.165, 1.54) is 7.11 Å². The number of hydrogen-bond acceptors (Lipinski definition) is 7. The summed E-state index contributed by atoms with van der Waals surface area (Å²) in [5, 5.41) is 12.8. The average Bonchev–Trinajstić information content (AvgIpc) is 3.50. The van der Waals surface area contributed by atoms with Crippen molar-refractivity contribution < 1.29 is 29.0 Å². The van der Waals surface area contributed by atoms with Crippen molar-refractivity contribution in [1.29, 1.82) is 0 Å². The number of anilines is 1. The van der Waals surface area contributed by atoms with Gasteiger partial charge in [0.15, 0.2) is 0 Å². The second-order valence-corrected chi connectivity index (χ2v) is 14.3. The quantitative estimate of drug-likeness (QED) is 0.245. The number of aromatic hydroxyl groups is 1. The molecule has 0 aromatic heterocycles. The van der Waals surface area contributed by atoms with Crippen LogP contribution in [0.2, 0.25) is 0 Å². The number of hydrogen-bond donors (Lipinski definition) is 2. The highest BCUT2D eigenvalue weighted by Crippen LogP contribution is 2.66. The third kappa shape index (κ3) is 4.57. The molecule has 5 aliphatic rings. The topological polar surface area (TPSA) is 116 Å². The molecule has 3 aromatic rings. The maximum atomic E-state index is 15.3. The molecule has 0 spiro atoms. The Morgan fingerprint density at radius 2 is 1.57 bits per heavy atom. The van der Waals surface area contributed by atoms with E-state index in [-0.39, 0.29) is 30.0 Å². The Hall–Kier alpha value is -4.92. The van der Waals surface area contributed by atoms with Crippen LogP contribution in [-0.4, -0.2) is 51.8 Å². The van der Waals surface area contributed by atoms with Crippen LogP contribution in [0.4, 0.5) is 5.69 Å². The second-order valence-electron chi connectivity index (χ2n) is 14.3. The number of ether oxygens (including phenoxy) is 1. The summed E-state index contributed by atoms with van der Waals surface area (Å²) in [6, 6.07) is 21.7. The molecule has 252 valence electrons. The molecule has 6 atom stereocenters. The molecule has 2 saturated carbocycles. The number of methoxy groups -OCH3 is 1. The largest absolute Gasteiger partial charge is 0.508 e. The van der Waals surface area contributed by atoms with Crippen LogP contribution in [-0.2, 0) is 24.6 Å². The first-order valence-corrected chi connectivity index (χ1v) is 17.5. The van der Waals surface area contributed by atoms with E-state index < -0.39 is 46.8 Å². The molecule has 2 saturated heterocycles. The number of carbonyl (C=O) groups is 4. The summed E-state index contributed by atoms with van der Waals surface area (Å²) in [6.07, 6.45) is 7.28. The van der Waals surface area contributed by atoms with Crippen LogP contribution in [0.1, 0.15) is 67.6 Å². The molecule has 49 heavy (non-hydrogen) atoms. The maximum Gasteiger partial charge on any atom is 0.260 e. The Bertz CT molecular complexity index is 1870.